The average molecular weight is 341 g/mol. The lowest BCUT2D eigenvalue weighted by atomic mass is 9.85. The number of nitrogens with one attached hydrogen (secondary N) is 1. The van der Waals surface area contributed by atoms with Gasteiger partial charge >= 0.3 is 0 Å². The largest absolute Gasteiger partial charge is 0.368 e. The summed E-state index contributed by atoms with van der Waals surface area (Å²) in [5.41, 5.74) is 1.27. The first-order valence-electron chi connectivity index (χ1n) is 5.96. The van der Waals surface area contributed by atoms with E-state index in [0.29, 0.717) is 15.4 Å². The third-order valence-corrected chi connectivity index (χ3v) is 4.27. The lowest BCUT2D eigenvalue weighted by molar-refractivity contribution is 0.556. The zero-order valence-corrected chi connectivity index (χ0v) is 13.2. The van der Waals surface area contributed by atoms with E-state index in [-0.39, 0.29) is 5.41 Å². The van der Waals surface area contributed by atoms with Crippen LogP contribution >= 0.6 is 27.5 Å². The Labute approximate surface area is 126 Å². The normalized spacial score (nSPS) is 11.4. The highest BCUT2D eigenvalue weighted by atomic mass is 79.9. The molecule has 0 saturated heterocycles. The summed E-state index contributed by atoms with van der Waals surface area (Å²) in [4.78, 5) is 8.09. The van der Waals surface area contributed by atoms with Crippen molar-refractivity contribution in [2.75, 3.05) is 11.9 Å². The van der Waals surface area contributed by atoms with Crippen LogP contribution in [0, 0.1) is 0 Å². The van der Waals surface area contributed by atoms with Gasteiger partial charge in [0.2, 0.25) is 0 Å². The number of aromatic nitrogens is 2. The lowest BCUT2D eigenvalue weighted by Gasteiger charge is -2.26. The van der Waals surface area contributed by atoms with Crippen LogP contribution in [0.25, 0.3) is 0 Å². The fourth-order valence-corrected chi connectivity index (χ4v) is 2.25. The number of hydrogen-bond donors (Lipinski definition) is 1. The highest BCUT2D eigenvalue weighted by Crippen LogP contribution is 2.28. The van der Waals surface area contributed by atoms with Crippen LogP contribution < -0.4 is 5.32 Å². The van der Waals surface area contributed by atoms with Gasteiger partial charge in [0.1, 0.15) is 17.3 Å². The molecule has 1 aromatic carbocycles. The second-order valence-electron chi connectivity index (χ2n) is 4.93. The van der Waals surface area contributed by atoms with Gasteiger partial charge in [0.15, 0.2) is 0 Å². The minimum absolute atomic E-state index is 0.00186. The van der Waals surface area contributed by atoms with E-state index in [1.165, 1.54) is 11.9 Å². The smallest absolute Gasteiger partial charge is 0.148 e. The number of benzene rings is 1. The fraction of sp³-hybridized carbons (Fsp3) is 0.286. The lowest BCUT2D eigenvalue weighted by Crippen LogP contribution is -2.28. The molecule has 0 aliphatic heterocycles. The number of rotatable bonds is 4. The summed E-state index contributed by atoms with van der Waals surface area (Å²) < 4.78 is 0.695. The van der Waals surface area contributed by atoms with Crippen molar-refractivity contribution in [1.29, 1.82) is 0 Å². The number of halogens is 2. The summed E-state index contributed by atoms with van der Waals surface area (Å²) >= 11 is 9.33. The molecule has 0 atom stereocenters. The van der Waals surface area contributed by atoms with Gasteiger partial charge in [-0.2, -0.15) is 0 Å². The maximum Gasteiger partial charge on any atom is 0.148 e. The molecule has 2 rings (SSSR count). The Morgan fingerprint density at radius 2 is 1.89 bits per heavy atom. The monoisotopic (exact) mass is 339 g/mol. The molecule has 0 radical (unpaired) electrons. The number of hydrogen-bond acceptors (Lipinski definition) is 3. The number of anilines is 1. The first-order valence-corrected chi connectivity index (χ1v) is 7.13. The quantitative estimate of drug-likeness (QED) is 0.844. The van der Waals surface area contributed by atoms with Crippen LogP contribution in [0.3, 0.4) is 0 Å². The van der Waals surface area contributed by atoms with Crippen LogP contribution in [-0.2, 0) is 5.41 Å². The van der Waals surface area contributed by atoms with Crippen LogP contribution in [0.5, 0.6) is 0 Å². The number of nitrogens with zero attached hydrogens (tertiary/aromatic N) is 2. The molecule has 5 heteroatoms. The van der Waals surface area contributed by atoms with E-state index in [0.717, 1.165) is 6.54 Å². The molecule has 100 valence electrons. The molecule has 2 aromatic rings. The Balaban J connectivity index is 2.12. The highest BCUT2D eigenvalue weighted by Gasteiger charge is 2.20. The van der Waals surface area contributed by atoms with Crippen molar-refractivity contribution in [3.63, 3.8) is 0 Å². The first-order chi connectivity index (χ1) is 9.00. The van der Waals surface area contributed by atoms with Crippen molar-refractivity contribution < 1.29 is 0 Å². The molecular weight excluding hydrogens is 326 g/mol. The maximum atomic E-state index is 5.94. The van der Waals surface area contributed by atoms with Crippen molar-refractivity contribution >= 4 is 33.3 Å². The minimum Gasteiger partial charge on any atom is -0.368 e. The van der Waals surface area contributed by atoms with Crippen LogP contribution in [-0.4, -0.2) is 16.5 Å². The van der Waals surface area contributed by atoms with Crippen molar-refractivity contribution in [1.82, 2.24) is 9.97 Å². The van der Waals surface area contributed by atoms with Gasteiger partial charge < -0.3 is 5.32 Å². The Hall–Kier alpha value is -1.13. The van der Waals surface area contributed by atoms with Gasteiger partial charge in [0.05, 0.1) is 4.47 Å². The molecule has 0 saturated carbocycles. The molecule has 3 nitrogen and oxygen atoms in total. The van der Waals surface area contributed by atoms with E-state index in [1.807, 2.05) is 6.07 Å². The van der Waals surface area contributed by atoms with E-state index in [2.05, 4.69) is 69.3 Å². The topological polar surface area (TPSA) is 37.8 Å². The van der Waals surface area contributed by atoms with Gasteiger partial charge in [-0.25, -0.2) is 9.97 Å². The van der Waals surface area contributed by atoms with E-state index >= 15 is 0 Å². The Kier molecular flexibility index (Phi) is 4.42. The van der Waals surface area contributed by atoms with Crippen molar-refractivity contribution in [3.8, 4) is 0 Å². The van der Waals surface area contributed by atoms with E-state index in [4.69, 9.17) is 11.6 Å². The predicted molar refractivity (Wildman–Crippen MR) is 82.7 cm³/mol. The second kappa shape index (κ2) is 5.88. The van der Waals surface area contributed by atoms with Crippen molar-refractivity contribution in [3.05, 3.63) is 51.8 Å². The average Bonchev–Trinajstić information content (AvgIpc) is 2.41. The molecule has 0 spiro atoms. The van der Waals surface area contributed by atoms with Crippen molar-refractivity contribution in [2.45, 2.75) is 19.3 Å². The molecule has 1 heterocycles. The molecule has 0 amide bonds. The summed E-state index contributed by atoms with van der Waals surface area (Å²) in [6, 6.07) is 10.4. The zero-order chi connectivity index (χ0) is 13.9. The first kappa shape index (κ1) is 14.3. The Morgan fingerprint density at radius 1 is 1.21 bits per heavy atom. The van der Waals surface area contributed by atoms with Gasteiger partial charge in [0.25, 0.3) is 0 Å². The van der Waals surface area contributed by atoms with Crippen LogP contribution in [0.4, 0.5) is 5.82 Å². The van der Waals surface area contributed by atoms with Gasteiger partial charge in [-0.1, -0.05) is 55.8 Å². The summed E-state index contributed by atoms with van der Waals surface area (Å²) in [5, 5.41) is 3.72. The van der Waals surface area contributed by atoms with Crippen LogP contribution in [0.2, 0.25) is 5.15 Å². The SMILES string of the molecule is CC(C)(CNc1ncnc(Cl)c1Br)c1ccccc1. The molecule has 0 aliphatic carbocycles. The fourth-order valence-electron chi connectivity index (χ4n) is 1.77. The third-order valence-electron chi connectivity index (χ3n) is 3.00. The molecule has 0 unspecified atom stereocenters. The van der Waals surface area contributed by atoms with E-state index < -0.39 is 0 Å². The maximum absolute atomic E-state index is 5.94. The van der Waals surface area contributed by atoms with Gasteiger partial charge in [-0.3, -0.25) is 0 Å². The second-order valence-corrected chi connectivity index (χ2v) is 6.08. The molecule has 1 N–H and O–H groups in total. The summed E-state index contributed by atoms with van der Waals surface area (Å²) in [6.45, 7) is 5.13. The summed E-state index contributed by atoms with van der Waals surface area (Å²) in [6.07, 6.45) is 1.45. The van der Waals surface area contributed by atoms with Gasteiger partial charge in [-0.15, -0.1) is 0 Å². The van der Waals surface area contributed by atoms with Crippen molar-refractivity contribution in [2.24, 2.45) is 0 Å². The predicted octanol–water partition coefficient (Wildman–Crippen LogP) is 4.28. The summed E-state index contributed by atoms with van der Waals surface area (Å²) in [5.74, 6) is 0.712. The highest BCUT2D eigenvalue weighted by molar-refractivity contribution is 9.10. The standard InChI is InChI=1S/C14H15BrClN3/c1-14(2,10-6-4-3-5-7-10)8-17-13-11(15)12(16)18-9-19-13/h3-7,9H,8H2,1-2H3,(H,17,18,19). The molecule has 1 aromatic heterocycles. The molecular formula is C14H15BrClN3. The molecule has 0 bridgehead atoms. The molecule has 0 fully saturated rings. The van der Waals surface area contributed by atoms with Crippen LogP contribution in [0.15, 0.2) is 41.1 Å². The van der Waals surface area contributed by atoms with E-state index in [1.54, 1.807) is 0 Å². The van der Waals surface area contributed by atoms with E-state index in [9.17, 15) is 0 Å². The third kappa shape index (κ3) is 3.45. The van der Waals surface area contributed by atoms with Gasteiger partial charge in [-0.05, 0) is 21.5 Å². The minimum atomic E-state index is -0.00186. The van der Waals surface area contributed by atoms with Gasteiger partial charge in [0, 0.05) is 12.0 Å². The molecule has 0 aliphatic rings. The Morgan fingerprint density at radius 3 is 2.58 bits per heavy atom. The molecule has 19 heavy (non-hydrogen) atoms. The summed E-state index contributed by atoms with van der Waals surface area (Å²) in [7, 11) is 0. The van der Waals surface area contributed by atoms with Crippen LogP contribution in [0.1, 0.15) is 19.4 Å². The zero-order valence-electron chi connectivity index (χ0n) is 10.8. The Bertz CT molecular complexity index is 558.